The van der Waals surface area contributed by atoms with Gasteiger partial charge in [0.2, 0.25) is 0 Å². The number of amides is 2. The molecule has 2 amide bonds. The SMILES string of the molecule is O=C(NCCN1CCOCC1)Nc1cc(C(F)(F)F)cc(C(F)(F)F)c1. The Balaban J connectivity index is 1.99. The van der Waals surface area contributed by atoms with Crippen molar-refractivity contribution in [3.05, 3.63) is 29.3 Å². The van der Waals surface area contributed by atoms with E-state index in [0.29, 0.717) is 45.0 Å². The van der Waals surface area contributed by atoms with Crippen molar-refractivity contribution in [2.45, 2.75) is 12.4 Å². The summed E-state index contributed by atoms with van der Waals surface area (Å²) < 4.78 is 81.8. The van der Waals surface area contributed by atoms with E-state index in [2.05, 4.69) is 5.32 Å². The van der Waals surface area contributed by atoms with Crippen LogP contribution in [0.3, 0.4) is 0 Å². The molecule has 0 bridgehead atoms. The van der Waals surface area contributed by atoms with Gasteiger partial charge in [0, 0.05) is 31.9 Å². The van der Waals surface area contributed by atoms with Gasteiger partial charge in [0.15, 0.2) is 0 Å². The number of alkyl halides is 6. The number of anilines is 1. The molecular weight excluding hydrogens is 368 g/mol. The summed E-state index contributed by atoms with van der Waals surface area (Å²) in [6.45, 7) is 3.19. The van der Waals surface area contributed by atoms with Crippen LogP contribution in [0.25, 0.3) is 0 Å². The lowest BCUT2D eigenvalue weighted by Crippen LogP contribution is -2.42. The normalized spacial score (nSPS) is 16.4. The predicted molar refractivity (Wildman–Crippen MR) is 80.7 cm³/mol. The van der Waals surface area contributed by atoms with Gasteiger partial charge in [-0.25, -0.2) is 4.79 Å². The molecule has 0 unspecified atom stereocenters. The third-order valence-corrected chi connectivity index (χ3v) is 3.66. The largest absolute Gasteiger partial charge is 0.416 e. The van der Waals surface area contributed by atoms with E-state index in [9.17, 15) is 31.1 Å². The molecule has 0 aromatic heterocycles. The molecule has 26 heavy (non-hydrogen) atoms. The molecule has 1 aromatic carbocycles. The fraction of sp³-hybridized carbons (Fsp3) is 0.533. The maximum absolute atomic E-state index is 12.8. The second-order valence-electron chi connectivity index (χ2n) is 5.63. The second-order valence-corrected chi connectivity index (χ2v) is 5.63. The molecule has 0 aliphatic carbocycles. The fourth-order valence-electron chi connectivity index (χ4n) is 2.35. The first kappa shape index (κ1) is 20.3. The monoisotopic (exact) mass is 385 g/mol. The summed E-state index contributed by atoms with van der Waals surface area (Å²) in [5, 5.41) is 4.41. The molecule has 1 fully saturated rings. The molecule has 5 nitrogen and oxygen atoms in total. The van der Waals surface area contributed by atoms with Gasteiger partial charge in [-0.3, -0.25) is 4.90 Å². The summed E-state index contributed by atoms with van der Waals surface area (Å²) in [5.74, 6) is 0. The molecule has 1 saturated heterocycles. The Morgan fingerprint density at radius 1 is 1.00 bits per heavy atom. The zero-order chi connectivity index (χ0) is 19.4. The van der Waals surface area contributed by atoms with Gasteiger partial charge in [-0.2, -0.15) is 26.3 Å². The van der Waals surface area contributed by atoms with Gasteiger partial charge < -0.3 is 15.4 Å². The van der Waals surface area contributed by atoms with E-state index in [4.69, 9.17) is 4.74 Å². The van der Waals surface area contributed by atoms with E-state index in [0.717, 1.165) is 0 Å². The number of benzene rings is 1. The van der Waals surface area contributed by atoms with E-state index < -0.39 is 35.2 Å². The highest BCUT2D eigenvalue weighted by Crippen LogP contribution is 2.37. The summed E-state index contributed by atoms with van der Waals surface area (Å²) in [5.41, 5.74) is -3.57. The van der Waals surface area contributed by atoms with E-state index in [1.54, 1.807) is 0 Å². The molecular formula is C15H17F6N3O2. The van der Waals surface area contributed by atoms with Gasteiger partial charge >= 0.3 is 18.4 Å². The highest BCUT2D eigenvalue weighted by Gasteiger charge is 2.37. The van der Waals surface area contributed by atoms with Crippen LogP contribution >= 0.6 is 0 Å². The maximum atomic E-state index is 12.8. The number of carbonyl (C=O) groups is 1. The average Bonchev–Trinajstić information content (AvgIpc) is 2.54. The van der Waals surface area contributed by atoms with Gasteiger partial charge in [0.05, 0.1) is 24.3 Å². The quantitative estimate of drug-likeness (QED) is 0.783. The molecule has 0 radical (unpaired) electrons. The molecule has 1 aliphatic heterocycles. The fourth-order valence-corrected chi connectivity index (χ4v) is 2.35. The van der Waals surface area contributed by atoms with Crippen molar-refractivity contribution in [3.63, 3.8) is 0 Å². The minimum atomic E-state index is -4.97. The topological polar surface area (TPSA) is 53.6 Å². The van der Waals surface area contributed by atoms with Crippen molar-refractivity contribution in [1.82, 2.24) is 10.2 Å². The van der Waals surface area contributed by atoms with Crippen LogP contribution in [-0.2, 0) is 17.1 Å². The van der Waals surface area contributed by atoms with Crippen LogP contribution in [-0.4, -0.2) is 50.3 Å². The van der Waals surface area contributed by atoms with Gasteiger partial charge in [-0.05, 0) is 18.2 Å². The molecule has 0 saturated carbocycles. The number of nitrogens with one attached hydrogen (secondary N) is 2. The minimum absolute atomic E-state index is 0.00150. The molecule has 2 N–H and O–H groups in total. The summed E-state index contributed by atoms with van der Waals surface area (Å²) in [6, 6.07) is 0.0282. The van der Waals surface area contributed by atoms with Crippen LogP contribution in [0.5, 0.6) is 0 Å². The first-order chi connectivity index (χ1) is 12.1. The maximum Gasteiger partial charge on any atom is 0.416 e. The van der Waals surface area contributed by atoms with Crippen LogP contribution in [0.15, 0.2) is 18.2 Å². The number of ether oxygens (including phenoxy) is 1. The molecule has 1 heterocycles. The number of hydrogen-bond acceptors (Lipinski definition) is 3. The highest BCUT2D eigenvalue weighted by atomic mass is 19.4. The standard InChI is InChI=1S/C15H17F6N3O2/c16-14(17,18)10-7-11(15(19,20)21)9-12(8-10)23-13(25)22-1-2-24-3-5-26-6-4-24/h7-9H,1-6H2,(H2,22,23,25). The Hall–Kier alpha value is -2.01. The van der Waals surface area contributed by atoms with Gasteiger partial charge in [0.1, 0.15) is 0 Å². The predicted octanol–water partition coefficient (Wildman–Crippen LogP) is 3.18. The average molecular weight is 385 g/mol. The zero-order valence-corrected chi connectivity index (χ0v) is 13.5. The molecule has 0 spiro atoms. The Morgan fingerprint density at radius 3 is 2.04 bits per heavy atom. The number of nitrogens with zero attached hydrogens (tertiary/aromatic N) is 1. The Bertz CT molecular complexity index is 595. The van der Waals surface area contributed by atoms with Crippen molar-refractivity contribution in [2.75, 3.05) is 44.7 Å². The van der Waals surface area contributed by atoms with Gasteiger partial charge in [0.25, 0.3) is 0 Å². The van der Waals surface area contributed by atoms with Gasteiger partial charge in [-0.1, -0.05) is 0 Å². The molecule has 11 heteroatoms. The molecule has 1 aromatic rings. The minimum Gasteiger partial charge on any atom is -0.379 e. The summed E-state index contributed by atoms with van der Waals surface area (Å²) in [6.07, 6.45) is -9.94. The third kappa shape index (κ3) is 6.06. The summed E-state index contributed by atoms with van der Waals surface area (Å²) in [4.78, 5) is 13.8. The molecule has 146 valence electrons. The number of urea groups is 1. The lowest BCUT2D eigenvalue weighted by atomic mass is 10.1. The Kier molecular flexibility index (Phi) is 6.34. The molecule has 2 rings (SSSR count). The van der Waals surface area contributed by atoms with Crippen LogP contribution < -0.4 is 10.6 Å². The lowest BCUT2D eigenvalue weighted by Gasteiger charge is -2.26. The zero-order valence-electron chi connectivity index (χ0n) is 13.5. The van der Waals surface area contributed by atoms with Crippen LogP contribution in [0.1, 0.15) is 11.1 Å². The van der Waals surface area contributed by atoms with Crippen molar-refractivity contribution in [3.8, 4) is 0 Å². The van der Waals surface area contributed by atoms with E-state index >= 15 is 0 Å². The number of carbonyl (C=O) groups excluding carboxylic acids is 1. The number of hydrogen-bond donors (Lipinski definition) is 2. The number of rotatable bonds is 4. The Morgan fingerprint density at radius 2 is 1.54 bits per heavy atom. The first-order valence-electron chi connectivity index (χ1n) is 7.70. The highest BCUT2D eigenvalue weighted by molar-refractivity contribution is 5.89. The smallest absolute Gasteiger partial charge is 0.379 e. The van der Waals surface area contributed by atoms with Gasteiger partial charge in [-0.15, -0.1) is 0 Å². The molecule has 1 aliphatic rings. The summed E-state index contributed by atoms with van der Waals surface area (Å²) >= 11 is 0. The Labute approximate surface area is 145 Å². The van der Waals surface area contributed by atoms with E-state index in [-0.39, 0.29) is 12.6 Å². The van der Waals surface area contributed by atoms with Crippen molar-refractivity contribution >= 4 is 11.7 Å². The van der Waals surface area contributed by atoms with Crippen LogP contribution in [0.2, 0.25) is 0 Å². The first-order valence-corrected chi connectivity index (χ1v) is 7.70. The summed E-state index contributed by atoms with van der Waals surface area (Å²) in [7, 11) is 0. The van der Waals surface area contributed by atoms with Crippen molar-refractivity contribution in [1.29, 1.82) is 0 Å². The van der Waals surface area contributed by atoms with Crippen molar-refractivity contribution in [2.24, 2.45) is 0 Å². The van der Waals surface area contributed by atoms with E-state index in [1.165, 1.54) is 0 Å². The van der Waals surface area contributed by atoms with Crippen molar-refractivity contribution < 1.29 is 35.9 Å². The number of halogens is 6. The van der Waals surface area contributed by atoms with Crippen LogP contribution in [0, 0.1) is 0 Å². The molecule has 0 atom stereocenters. The third-order valence-electron chi connectivity index (χ3n) is 3.66. The van der Waals surface area contributed by atoms with E-state index in [1.807, 2.05) is 10.2 Å². The lowest BCUT2D eigenvalue weighted by molar-refractivity contribution is -0.143. The van der Waals surface area contributed by atoms with Crippen LogP contribution in [0.4, 0.5) is 36.8 Å². The number of morpholine rings is 1. The second kappa shape index (κ2) is 8.12.